The number of hydrogen-bond acceptors (Lipinski definition) is 6. The monoisotopic (exact) mass is 370 g/mol. The number of ether oxygens (including phenoxy) is 2. The summed E-state index contributed by atoms with van der Waals surface area (Å²) >= 11 is 0. The first kappa shape index (κ1) is 19.6. The number of nitrogens with zero attached hydrogens (tertiary/aromatic N) is 2. The number of nitrogen functional groups attached to an aromatic ring is 1. The van der Waals surface area contributed by atoms with Gasteiger partial charge in [0.25, 0.3) is 0 Å². The maximum atomic E-state index is 6.16. The van der Waals surface area contributed by atoms with E-state index in [0.29, 0.717) is 11.7 Å². The summed E-state index contributed by atoms with van der Waals surface area (Å²) < 4.78 is 11.4. The highest BCUT2D eigenvalue weighted by atomic mass is 16.5. The van der Waals surface area contributed by atoms with Crippen LogP contribution in [-0.4, -0.2) is 42.9 Å². The highest BCUT2D eigenvalue weighted by molar-refractivity contribution is 5.34. The van der Waals surface area contributed by atoms with Crippen LogP contribution in [0.3, 0.4) is 0 Å². The van der Waals surface area contributed by atoms with Crippen molar-refractivity contribution in [3.8, 4) is 5.75 Å². The Bertz CT molecular complexity index is 718. The van der Waals surface area contributed by atoms with Crippen molar-refractivity contribution in [2.45, 2.75) is 38.7 Å². The maximum Gasteiger partial charge on any atom is 0.123 e. The number of unbranched alkanes of at least 4 members (excludes halogenated alkanes) is 1. The summed E-state index contributed by atoms with van der Waals surface area (Å²) in [4.78, 5) is 8.85. The van der Waals surface area contributed by atoms with Crippen LogP contribution in [0.5, 0.6) is 5.75 Å². The fourth-order valence-electron chi connectivity index (χ4n) is 3.61. The minimum absolute atomic E-state index is 0.239. The Hall–Kier alpha value is -2.18. The zero-order chi connectivity index (χ0) is 19.1. The van der Waals surface area contributed by atoms with Gasteiger partial charge in [-0.3, -0.25) is 4.98 Å². The fourth-order valence-corrected chi connectivity index (χ4v) is 3.61. The molecule has 2 aromatic heterocycles. The Balaban J connectivity index is 1.40. The van der Waals surface area contributed by atoms with Crippen molar-refractivity contribution in [2.24, 2.45) is 5.92 Å². The smallest absolute Gasteiger partial charge is 0.123 e. The van der Waals surface area contributed by atoms with Gasteiger partial charge in [-0.15, -0.1) is 0 Å². The summed E-state index contributed by atoms with van der Waals surface area (Å²) in [7, 11) is 1.68. The minimum Gasteiger partial charge on any atom is -0.497 e. The molecule has 0 bridgehead atoms. The minimum atomic E-state index is 0.239. The van der Waals surface area contributed by atoms with Gasteiger partial charge in [-0.25, -0.2) is 4.98 Å². The first-order valence-corrected chi connectivity index (χ1v) is 9.68. The molecule has 6 nitrogen and oxygen atoms in total. The van der Waals surface area contributed by atoms with Gasteiger partial charge in [-0.05, 0) is 56.4 Å². The summed E-state index contributed by atoms with van der Waals surface area (Å²) in [5, 5.41) is 3.44. The molecule has 1 aliphatic heterocycles. The molecular weight excluding hydrogens is 340 g/mol. The predicted molar refractivity (Wildman–Crippen MR) is 107 cm³/mol. The molecule has 1 aliphatic rings. The van der Waals surface area contributed by atoms with Gasteiger partial charge in [-0.2, -0.15) is 0 Å². The van der Waals surface area contributed by atoms with Crippen LogP contribution in [0.2, 0.25) is 0 Å². The van der Waals surface area contributed by atoms with E-state index >= 15 is 0 Å². The Labute approximate surface area is 161 Å². The molecule has 6 heteroatoms. The molecule has 0 aromatic carbocycles. The predicted octanol–water partition coefficient (Wildman–Crippen LogP) is 2.55. The molecular formula is C21H30N4O2. The average molecular weight is 370 g/mol. The van der Waals surface area contributed by atoms with E-state index in [1.165, 1.54) is 0 Å². The number of nitrogens with one attached hydrogen (secondary N) is 1. The van der Waals surface area contributed by atoms with Gasteiger partial charge in [0.2, 0.25) is 0 Å². The van der Waals surface area contributed by atoms with Gasteiger partial charge in [0, 0.05) is 49.3 Å². The molecule has 1 fully saturated rings. The SMILES string of the molecule is COc1ccnc(CCCCO[C@H]2CNC[C@H]2Cc2cc(C)cc(N)n2)c1. The molecule has 0 saturated carbocycles. The third-order valence-electron chi connectivity index (χ3n) is 4.97. The van der Waals surface area contributed by atoms with Crippen LogP contribution in [0.25, 0.3) is 0 Å². The number of pyridine rings is 2. The molecule has 0 spiro atoms. The van der Waals surface area contributed by atoms with Gasteiger partial charge in [-0.1, -0.05) is 0 Å². The number of anilines is 1. The second-order valence-corrected chi connectivity index (χ2v) is 7.24. The number of methoxy groups -OCH3 is 1. The van der Waals surface area contributed by atoms with Crippen molar-refractivity contribution in [2.75, 3.05) is 32.5 Å². The van der Waals surface area contributed by atoms with E-state index in [2.05, 4.69) is 28.3 Å². The third kappa shape index (κ3) is 5.91. The summed E-state index contributed by atoms with van der Waals surface area (Å²) in [6.07, 6.45) is 5.96. The highest BCUT2D eigenvalue weighted by Gasteiger charge is 2.28. The summed E-state index contributed by atoms with van der Waals surface area (Å²) in [6, 6.07) is 7.89. The van der Waals surface area contributed by atoms with Crippen molar-refractivity contribution >= 4 is 5.82 Å². The van der Waals surface area contributed by atoms with Gasteiger partial charge in [0.15, 0.2) is 0 Å². The third-order valence-corrected chi connectivity index (χ3v) is 4.97. The zero-order valence-corrected chi connectivity index (χ0v) is 16.3. The molecule has 2 aromatic rings. The van der Waals surface area contributed by atoms with Crippen molar-refractivity contribution in [1.29, 1.82) is 0 Å². The molecule has 1 saturated heterocycles. The standard InChI is InChI=1S/C21H30N4O2/c1-15-9-18(25-21(22)10-15)11-16-13-23-14-20(16)27-8-4-3-5-17-12-19(26-2)6-7-24-17/h6-7,9-10,12,16,20,23H,3-5,8,11,13-14H2,1-2H3,(H2,22,25)/t16-,20+/m1/s1. The Morgan fingerprint density at radius 2 is 2.07 bits per heavy atom. The van der Waals surface area contributed by atoms with Crippen molar-refractivity contribution in [1.82, 2.24) is 15.3 Å². The van der Waals surface area contributed by atoms with Crippen LogP contribution in [0.4, 0.5) is 5.82 Å². The number of nitrogens with two attached hydrogens (primary N) is 1. The van der Waals surface area contributed by atoms with Crippen molar-refractivity contribution in [3.05, 3.63) is 47.4 Å². The molecule has 0 amide bonds. The zero-order valence-electron chi connectivity index (χ0n) is 16.3. The van der Waals surface area contributed by atoms with E-state index in [0.717, 1.165) is 68.1 Å². The Morgan fingerprint density at radius 1 is 1.19 bits per heavy atom. The van der Waals surface area contributed by atoms with Gasteiger partial charge < -0.3 is 20.5 Å². The van der Waals surface area contributed by atoms with Crippen LogP contribution in [0.1, 0.15) is 29.8 Å². The van der Waals surface area contributed by atoms with Crippen LogP contribution < -0.4 is 15.8 Å². The molecule has 0 aliphatic carbocycles. The van der Waals surface area contributed by atoms with Crippen molar-refractivity contribution < 1.29 is 9.47 Å². The van der Waals surface area contributed by atoms with Crippen LogP contribution >= 0.6 is 0 Å². The van der Waals surface area contributed by atoms with Gasteiger partial charge >= 0.3 is 0 Å². The molecule has 3 N–H and O–H groups in total. The summed E-state index contributed by atoms with van der Waals surface area (Å²) in [5.74, 6) is 1.90. The first-order chi connectivity index (χ1) is 13.1. The Kier molecular flexibility index (Phi) is 7.01. The largest absolute Gasteiger partial charge is 0.497 e. The molecule has 3 rings (SSSR count). The Morgan fingerprint density at radius 3 is 2.89 bits per heavy atom. The fraction of sp³-hybridized carbons (Fsp3) is 0.524. The second kappa shape index (κ2) is 9.67. The lowest BCUT2D eigenvalue weighted by atomic mass is 9.99. The van der Waals surface area contributed by atoms with Crippen molar-refractivity contribution in [3.63, 3.8) is 0 Å². The molecule has 0 unspecified atom stereocenters. The lowest BCUT2D eigenvalue weighted by molar-refractivity contribution is 0.0356. The number of hydrogen-bond donors (Lipinski definition) is 2. The quantitative estimate of drug-likeness (QED) is 0.660. The van der Waals surface area contributed by atoms with E-state index in [-0.39, 0.29) is 6.10 Å². The van der Waals surface area contributed by atoms with E-state index in [9.17, 15) is 0 Å². The highest BCUT2D eigenvalue weighted by Crippen LogP contribution is 2.20. The molecule has 3 heterocycles. The first-order valence-electron chi connectivity index (χ1n) is 9.68. The second-order valence-electron chi connectivity index (χ2n) is 7.24. The maximum absolute atomic E-state index is 6.16. The molecule has 0 radical (unpaired) electrons. The summed E-state index contributed by atoms with van der Waals surface area (Å²) in [6.45, 7) is 4.70. The van der Waals surface area contributed by atoms with Crippen LogP contribution in [0, 0.1) is 12.8 Å². The lowest BCUT2D eigenvalue weighted by Gasteiger charge is -2.19. The summed E-state index contributed by atoms with van der Waals surface area (Å²) in [5.41, 5.74) is 9.16. The topological polar surface area (TPSA) is 82.3 Å². The van der Waals surface area contributed by atoms with Gasteiger partial charge in [0.1, 0.15) is 11.6 Å². The molecule has 146 valence electrons. The van der Waals surface area contributed by atoms with E-state index in [1.54, 1.807) is 13.3 Å². The lowest BCUT2D eigenvalue weighted by Crippen LogP contribution is -2.25. The normalized spacial score (nSPS) is 19.3. The van der Waals surface area contributed by atoms with E-state index < -0.39 is 0 Å². The van der Waals surface area contributed by atoms with Crippen LogP contribution in [-0.2, 0) is 17.6 Å². The van der Waals surface area contributed by atoms with E-state index in [4.69, 9.17) is 15.2 Å². The number of aromatic nitrogens is 2. The van der Waals surface area contributed by atoms with E-state index in [1.807, 2.05) is 18.2 Å². The number of rotatable bonds is 9. The molecule has 2 atom stereocenters. The molecule has 27 heavy (non-hydrogen) atoms. The number of aryl methyl sites for hydroxylation is 2. The van der Waals surface area contributed by atoms with Gasteiger partial charge in [0.05, 0.1) is 13.2 Å². The average Bonchev–Trinajstić information content (AvgIpc) is 3.07. The van der Waals surface area contributed by atoms with Crippen LogP contribution in [0.15, 0.2) is 30.5 Å².